The Morgan fingerprint density at radius 3 is 2.93 bits per heavy atom. The predicted octanol–water partition coefficient (Wildman–Crippen LogP) is 0.182. The fraction of sp³-hybridized carbons (Fsp3) is 0.909. The lowest BCUT2D eigenvalue weighted by molar-refractivity contribution is -0.121. The second-order valence-electron chi connectivity index (χ2n) is 4.74. The molecule has 0 aromatic carbocycles. The van der Waals surface area contributed by atoms with E-state index in [-0.39, 0.29) is 11.9 Å². The Morgan fingerprint density at radius 1 is 1.67 bits per heavy atom. The fourth-order valence-electron chi connectivity index (χ4n) is 2.04. The third-order valence-corrected chi connectivity index (χ3v) is 2.87. The third-order valence-electron chi connectivity index (χ3n) is 2.87. The quantitative estimate of drug-likeness (QED) is 0.685. The monoisotopic (exact) mass is 213 g/mol. The van der Waals surface area contributed by atoms with Gasteiger partial charge in [0.1, 0.15) is 0 Å². The number of nitrogens with two attached hydrogens (primary N) is 1. The van der Waals surface area contributed by atoms with Crippen LogP contribution in [0.2, 0.25) is 0 Å². The van der Waals surface area contributed by atoms with Crippen molar-refractivity contribution in [3.05, 3.63) is 0 Å². The Morgan fingerprint density at radius 2 is 2.40 bits per heavy atom. The Labute approximate surface area is 92.2 Å². The van der Waals surface area contributed by atoms with Crippen molar-refractivity contribution in [2.75, 3.05) is 26.7 Å². The van der Waals surface area contributed by atoms with E-state index in [1.54, 1.807) is 0 Å². The van der Waals surface area contributed by atoms with Gasteiger partial charge in [0.2, 0.25) is 5.91 Å². The van der Waals surface area contributed by atoms with Gasteiger partial charge in [0.15, 0.2) is 0 Å². The average molecular weight is 213 g/mol. The summed E-state index contributed by atoms with van der Waals surface area (Å²) in [4.78, 5) is 13.6. The molecule has 0 radical (unpaired) electrons. The first kappa shape index (κ1) is 12.5. The molecule has 88 valence electrons. The number of nitrogens with one attached hydrogen (secondary N) is 1. The van der Waals surface area contributed by atoms with Crippen LogP contribution < -0.4 is 11.1 Å². The highest BCUT2D eigenvalue weighted by Gasteiger charge is 2.18. The molecule has 0 bridgehead atoms. The SMILES string of the molecule is CC(N)CC(=O)NCCC1CCN(C)C1. The van der Waals surface area contributed by atoms with Crippen molar-refractivity contribution >= 4 is 5.91 Å². The lowest BCUT2D eigenvalue weighted by Crippen LogP contribution is -2.31. The van der Waals surface area contributed by atoms with Crippen LogP contribution in [0.3, 0.4) is 0 Å². The molecule has 1 aliphatic rings. The summed E-state index contributed by atoms with van der Waals surface area (Å²) in [6, 6.07) is -0.0392. The van der Waals surface area contributed by atoms with E-state index in [2.05, 4.69) is 17.3 Å². The molecular formula is C11H23N3O. The number of rotatable bonds is 5. The summed E-state index contributed by atoms with van der Waals surface area (Å²) in [5.74, 6) is 0.835. The largest absolute Gasteiger partial charge is 0.356 e. The zero-order valence-corrected chi connectivity index (χ0v) is 9.83. The van der Waals surface area contributed by atoms with Gasteiger partial charge in [-0.1, -0.05) is 0 Å². The van der Waals surface area contributed by atoms with Gasteiger partial charge >= 0.3 is 0 Å². The van der Waals surface area contributed by atoms with Gasteiger partial charge in [-0.25, -0.2) is 0 Å². The van der Waals surface area contributed by atoms with Crippen LogP contribution in [0.4, 0.5) is 0 Å². The van der Waals surface area contributed by atoms with Crippen LogP contribution in [-0.4, -0.2) is 43.5 Å². The molecule has 1 fully saturated rings. The molecule has 2 atom stereocenters. The normalized spacial score (nSPS) is 24.1. The molecule has 3 N–H and O–H groups in total. The van der Waals surface area contributed by atoms with Crippen molar-refractivity contribution < 1.29 is 4.79 Å². The summed E-state index contributed by atoms with van der Waals surface area (Å²) in [5, 5.41) is 2.92. The molecule has 1 amide bonds. The summed E-state index contributed by atoms with van der Waals surface area (Å²) < 4.78 is 0. The highest BCUT2D eigenvalue weighted by atomic mass is 16.1. The molecule has 2 unspecified atom stereocenters. The topological polar surface area (TPSA) is 58.4 Å². The molecule has 4 nitrogen and oxygen atoms in total. The highest BCUT2D eigenvalue weighted by Crippen LogP contribution is 2.16. The molecule has 0 spiro atoms. The molecule has 4 heteroatoms. The third kappa shape index (κ3) is 5.14. The zero-order chi connectivity index (χ0) is 11.3. The number of carbonyl (C=O) groups is 1. The van der Waals surface area contributed by atoms with E-state index in [1.807, 2.05) is 6.92 Å². The van der Waals surface area contributed by atoms with Gasteiger partial charge in [-0.3, -0.25) is 4.79 Å². The molecule has 1 aliphatic heterocycles. The average Bonchev–Trinajstić information content (AvgIpc) is 2.50. The maximum Gasteiger partial charge on any atom is 0.221 e. The van der Waals surface area contributed by atoms with Gasteiger partial charge < -0.3 is 16.0 Å². The van der Waals surface area contributed by atoms with Crippen molar-refractivity contribution in [2.24, 2.45) is 11.7 Å². The number of amides is 1. The number of nitrogens with zero attached hydrogens (tertiary/aromatic N) is 1. The van der Waals surface area contributed by atoms with E-state index >= 15 is 0 Å². The van der Waals surface area contributed by atoms with Crippen LogP contribution in [-0.2, 0) is 4.79 Å². The van der Waals surface area contributed by atoms with Gasteiger partial charge in [0, 0.05) is 25.6 Å². The molecule has 0 saturated carbocycles. The van der Waals surface area contributed by atoms with Gasteiger partial charge in [0.25, 0.3) is 0 Å². The van der Waals surface area contributed by atoms with E-state index in [1.165, 1.54) is 19.5 Å². The number of hydrogen-bond donors (Lipinski definition) is 2. The smallest absolute Gasteiger partial charge is 0.221 e. The van der Waals surface area contributed by atoms with Crippen LogP contribution in [0, 0.1) is 5.92 Å². The number of likely N-dealkylation sites (tertiary alicyclic amines) is 1. The van der Waals surface area contributed by atoms with E-state index in [0.29, 0.717) is 6.42 Å². The minimum Gasteiger partial charge on any atom is -0.356 e. The Bertz CT molecular complexity index is 206. The van der Waals surface area contributed by atoms with E-state index in [9.17, 15) is 4.79 Å². The lowest BCUT2D eigenvalue weighted by Gasteiger charge is -2.11. The van der Waals surface area contributed by atoms with E-state index < -0.39 is 0 Å². The van der Waals surface area contributed by atoms with Crippen molar-refractivity contribution in [1.82, 2.24) is 10.2 Å². The lowest BCUT2D eigenvalue weighted by atomic mass is 10.1. The molecule has 1 rings (SSSR count). The first-order chi connectivity index (χ1) is 7.08. The van der Waals surface area contributed by atoms with Gasteiger partial charge in [-0.05, 0) is 39.3 Å². The summed E-state index contributed by atoms with van der Waals surface area (Å²) in [5.41, 5.74) is 5.54. The number of hydrogen-bond acceptors (Lipinski definition) is 3. The van der Waals surface area contributed by atoms with Gasteiger partial charge in [0.05, 0.1) is 0 Å². The van der Waals surface area contributed by atoms with Gasteiger partial charge in [-0.2, -0.15) is 0 Å². The first-order valence-corrected chi connectivity index (χ1v) is 5.78. The van der Waals surface area contributed by atoms with Crippen molar-refractivity contribution in [3.8, 4) is 0 Å². The second kappa shape index (κ2) is 6.08. The molecule has 0 aliphatic carbocycles. The van der Waals surface area contributed by atoms with Crippen molar-refractivity contribution in [3.63, 3.8) is 0 Å². The van der Waals surface area contributed by atoms with Crippen LogP contribution in [0.25, 0.3) is 0 Å². The Balaban J connectivity index is 2.03. The standard InChI is InChI=1S/C11H23N3O/c1-9(12)7-11(15)13-5-3-10-4-6-14(2)8-10/h9-10H,3-8,12H2,1-2H3,(H,13,15). The molecular weight excluding hydrogens is 190 g/mol. The van der Waals surface area contributed by atoms with Crippen molar-refractivity contribution in [2.45, 2.75) is 32.2 Å². The fourth-order valence-corrected chi connectivity index (χ4v) is 2.04. The van der Waals surface area contributed by atoms with Crippen molar-refractivity contribution in [1.29, 1.82) is 0 Å². The van der Waals surface area contributed by atoms with Crippen LogP contribution in [0.5, 0.6) is 0 Å². The maximum absolute atomic E-state index is 11.3. The van der Waals surface area contributed by atoms with E-state index in [0.717, 1.165) is 18.9 Å². The van der Waals surface area contributed by atoms with Gasteiger partial charge in [-0.15, -0.1) is 0 Å². The summed E-state index contributed by atoms with van der Waals surface area (Å²) in [7, 11) is 2.15. The number of carbonyl (C=O) groups excluding carboxylic acids is 1. The van der Waals surface area contributed by atoms with Crippen LogP contribution in [0.15, 0.2) is 0 Å². The molecule has 15 heavy (non-hydrogen) atoms. The summed E-state index contributed by atoms with van der Waals surface area (Å²) >= 11 is 0. The van der Waals surface area contributed by atoms with Crippen LogP contribution in [0.1, 0.15) is 26.2 Å². The second-order valence-corrected chi connectivity index (χ2v) is 4.74. The Kier molecular flexibility index (Phi) is 5.05. The summed E-state index contributed by atoms with van der Waals surface area (Å²) in [6.07, 6.45) is 2.79. The minimum atomic E-state index is -0.0392. The summed E-state index contributed by atoms with van der Waals surface area (Å²) in [6.45, 7) is 5.01. The molecule has 0 aromatic rings. The first-order valence-electron chi connectivity index (χ1n) is 5.78. The van der Waals surface area contributed by atoms with E-state index in [4.69, 9.17) is 5.73 Å². The zero-order valence-electron chi connectivity index (χ0n) is 9.83. The predicted molar refractivity (Wildman–Crippen MR) is 61.5 cm³/mol. The maximum atomic E-state index is 11.3. The minimum absolute atomic E-state index is 0.0392. The Hall–Kier alpha value is -0.610. The molecule has 1 saturated heterocycles. The highest BCUT2D eigenvalue weighted by molar-refractivity contribution is 5.76. The van der Waals surface area contributed by atoms with Crippen LogP contribution >= 0.6 is 0 Å². The molecule has 0 aromatic heterocycles. The molecule has 1 heterocycles.